The number of rotatable bonds is 6. The normalized spacial score (nSPS) is 20.0. The van der Waals surface area contributed by atoms with E-state index in [2.05, 4.69) is 17.2 Å². The second-order valence-electron chi connectivity index (χ2n) is 5.06. The van der Waals surface area contributed by atoms with Crippen molar-refractivity contribution < 1.29 is 24.0 Å². The highest BCUT2D eigenvalue weighted by atomic mass is 16.6. The van der Waals surface area contributed by atoms with Crippen molar-refractivity contribution in [1.82, 2.24) is 10.6 Å². The number of methoxy groups -OCH3 is 1. The zero-order chi connectivity index (χ0) is 17.7. The third kappa shape index (κ3) is 3.69. The first-order valence-electron chi connectivity index (χ1n) is 7.11. The number of carbonyl (C=O) groups is 2. The number of nitro benzene ring substituents is 1. The van der Waals surface area contributed by atoms with Gasteiger partial charge in [0, 0.05) is 18.9 Å². The number of carbonyl (C=O) groups excluding carboxylic acids is 2. The number of hydrogen-bond acceptors (Lipinski definition) is 6. The van der Waals surface area contributed by atoms with Crippen LogP contribution >= 0.6 is 0 Å². The van der Waals surface area contributed by atoms with Gasteiger partial charge >= 0.3 is 12.0 Å². The summed E-state index contributed by atoms with van der Waals surface area (Å²) in [5.41, 5.74) is 0.115. The van der Waals surface area contributed by atoms with Crippen molar-refractivity contribution in [3.05, 3.63) is 52.2 Å². The number of nitrogens with one attached hydrogen (secondary N) is 2. The van der Waals surface area contributed by atoms with Gasteiger partial charge in [-0.15, -0.1) is 0 Å². The molecule has 1 heterocycles. The standard InChI is InChI=1S/C15H17N3O6/c1-9-12(14(19)24-8-7-23-2)13(17-15(20)16-9)10-5-3-4-6-11(10)18(21)22/h3-6,12-13H,1,7-8H2,2H3,(H2,16,17,20)/t12-,13+/m0/s1. The van der Waals surface area contributed by atoms with Crippen molar-refractivity contribution in [2.45, 2.75) is 6.04 Å². The van der Waals surface area contributed by atoms with E-state index in [9.17, 15) is 19.7 Å². The summed E-state index contributed by atoms with van der Waals surface area (Å²) < 4.78 is 9.90. The number of amides is 2. The van der Waals surface area contributed by atoms with Crippen LogP contribution in [0.4, 0.5) is 10.5 Å². The topological polar surface area (TPSA) is 120 Å². The van der Waals surface area contributed by atoms with Crippen LogP contribution < -0.4 is 10.6 Å². The minimum atomic E-state index is -0.999. The molecule has 1 saturated heterocycles. The highest BCUT2D eigenvalue weighted by molar-refractivity contribution is 5.85. The Balaban J connectivity index is 2.36. The molecule has 1 aromatic carbocycles. The highest BCUT2D eigenvalue weighted by Gasteiger charge is 2.41. The Kier molecular flexibility index (Phi) is 5.48. The summed E-state index contributed by atoms with van der Waals surface area (Å²) in [5, 5.41) is 16.2. The summed E-state index contributed by atoms with van der Waals surface area (Å²) in [6.07, 6.45) is 0. The first-order chi connectivity index (χ1) is 11.5. The van der Waals surface area contributed by atoms with Crippen LogP contribution in [-0.4, -0.2) is 37.2 Å². The molecule has 2 amide bonds. The number of ether oxygens (including phenoxy) is 2. The van der Waals surface area contributed by atoms with Crippen molar-refractivity contribution >= 4 is 17.7 Å². The van der Waals surface area contributed by atoms with Crippen molar-refractivity contribution in [3.8, 4) is 0 Å². The Morgan fingerprint density at radius 1 is 1.38 bits per heavy atom. The molecule has 2 rings (SSSR count). The van der Waals surface area contributed by atoms with Crippen LogP contribution in [0.25, 0.3) is 0 Å². The lowest BCUT2D eigenvalue weighted by atomic mass is 9.88. The highest BCUT2D eigenvalue weighted by Crippen LogP contribution is 2.35. The van der Waals surface area contributed by atoms with Gasteiger partial charge < -0.3 is 20.1 Å². The molecule has 0 saturated carbocycles. The molecule has 0 unspecified atom stereocenters. The first-order valence-corrected chi connectivity index (χ1v) is 7.11. The molecule has 9 heteroatoms. The molecule has 9 nitrogen and oxygen atoms in total. The van der Waals surface area contributed by atoms with Gasteiger partial charge in [-0.25, -0.2) is 4.79 Å². The quantitative estimate of drug-likeness (QED) is 0.350. The SMILES string of the molecule is C=C1NC(=O)N[C@H](c2ccccc2[N+](=O)[O-])[C@H]1C(=O)OCCOC. The number of nitrogens with zero attached hydrogens (tertiary/aromatic N) is 1. The maximum Gasteiger partial charge on any atom is 0.319 e. The molecular weight excluding hydrogens is 318 g/mol. The summed E-state index contributed by atoms with van der Waals surface area (Å²) in [4.78, 5) is 34.8. The van der Waals surface area contributed by atoms with Crippen LogP contribution in [0.3, 0.4) is 0 Å². The monoisotopic (exact) mass is 335 g/mol. The van der Waals surface area contributed by atoms with Gasteiger partial charge in [-0.05, 0) is 0 Å². The van der Waals surface area contributed by atoms with Gasteiger partial charge in [0.15, 0.2) is 0 Å². The number of urea groups is 1. The molecule has 2 atom stereocenters. The largest absolute Gasteiger partial charge is 0.463 e. The first kappa shape index (κ1) is 17.4. The second-order valence-corrected chi connectivity index (χ2v) is 5.06. The van der Waals surface area contributed by atoms with Gasteiger partial charge in [0.25, 0.3) is 5.69 Å². The number of benzene rings is 1. The molecule has 128 valence electrons. The molecule has 1 aliphatic heterocycles. The van der Waals surface area contributed by atoms with Crippen LogP contribution in [0.2, 0.25) is 0 Å². The van der Waals surface area contributed by atoms with Crippen LogP contribution in [0.1, 0.15) is 11.6 Å². The van der Waals surface area contributed by atoms with Gasteiger partial charge in [0.05, 0.1) is 23.1 Å². The lowest BCUT2D eigenvalue weighted by Gasteiger charge is -2.32. The van der Waals surface area contributed by atoms with Crippen molar-refractivity contribution in [2.75, 3.05) is 20.3 Å². The van der Waals surface area contributed by atoms with E-state index in [1.807, 2.05) is 0 Å². The fourth-order valence-corrected chi connectivity index (χ4v) is 2.45. The molecule has 0 aromatic heterocycles. The minimum Gasteiger partial charge on any atom is -0.463 e. The molecule has 2 N–H and O–H groups in total. The van der Waals surface area contributed by atoms with E-state index in [1.165, 1.54) is 25.3 Å². The zero-order valence-electron chi connectivity index (χ0n) is 13.0. The Bertz CT molecular complexity index is 675. The number of esters is 1. The molecule has 0 radical (unpaired) electrons. The summed E-state index contributed by atoms with van der Waals surface area (Å²) >= 11 is 0. The van der Waals surface area contributed by atoms with Crippen LogP contribution in [0, 0.1) is 16.0 Å². The summed E-state index contributed by atoms with van der Waals surface area (Å²) in [6.45, 7) is 3.91. The van der Waals surface area contributed by atoms with Crippen molar-refractivity contribution in [2.24, 2.45) is 5.92 Å². The lowest BCUT2D eigenvalue weighted by molar-refractivity contribution is -0.385. The van der Waals surface area contributed by atoms with E-state index < -0.39 is 28.9 Å². The van der Waals surface area contributed by atoms with Gasteiger partial charge in [-0.2, -0.15) is 0 Å². The molecule has 1 aromatic rings. The fourth-order valence-electron chi connectivity index (χ4n) is 2.45. The lowest BCUT2D eigenvalue weighted by Crippen LogP contribution is -2.51. The maximum atomic E-state index is 12.4. The maximum absolute atomic E-state index is 12.4. The molecule has 0 spiro atoms. The molecule has 0 bridgehead atoms. The molecular formula is C15H17N3O6. The Morgan fingerprint density at radius 2 is 2.08 bits per heavy atom. The smallest absolute Gasteiger partial charge is 0.319 e. The van der Waals surface area contributed by atoms with Crippen LogP contribution in [0.5, 0.6) is 0 Å². The molecule has 24 heavy (non-hydrogen) atoms. The number of hydrogen-bond donors (Lipinski definition) is 2. The Morgan fingerprint density at radius 3 is 2.75 bits per heavy atom. The summed E-state index contributed by atoms with van der Waals surface area (Å²) in [7, 11) is 1.46. The van der Waals surface area contributed by atoms with Gasteiger partial charge in [-0.3, -0.25) is 14.9 Å². The third-order valence-corrected chi connectivity index (χ3v) is 3.52. The summed E-state index contributed by atoms with van der Waals surface area (Å²) in [6, 6.07) is 4.33. The van der Waals surface area contributed by atoms with Gasteiger partial charge in [0.1, 0.15) is 12.5 Å². The van der Waals surface area contributed by atoms with E-state index in [0.717, 1.165) is 0 Å². The number of nitro groups is 1. The average molecular weight is 335 g/mol. The molecule has 1 aliphatic rings. The minimum absolute atomic E-state index is 0.0245. The third-order valence-electron chi connectivity index (χ3n) is 3.52. The fraction of sp³-hybridized carbons (Fsp3) is 0.333. The van der Waals surface area contributed by atoms with E-state index in [0.29, 0.717) is 0 Å². The van der Waals surface area contributed by atoms with Gasteiger partial charge in [0.2, 0.25) is 0 Å². The van der Waals surface area contributed by atoms with E-state index in [-0.39, 0.29) is 30.2 Å². The zero-order valence-corrected chi connectivity index (χ0v) is 13.0. The molecule has 0 aliphatic carbocycles. The Labute approximate surface area is 137 Å². The van der Waals surface area contributed by atoms with Crippen LogP contribution in [-0.2, 0) is 14.3 Å². The van der Waals surface area contributed by atoms with E-state index in [4.69, 9.17) is 9.47 Å². The second kappa shape index (κ2) is 7.55. The average Bonchev–Trinajstić information content (AvgIpc) is 2.54. The van der Waals surface area contributed by atoms with Crippen molar-refractivity contribution in [1.29, 1.82) is 0 Å². The van der Waals surface area contributed by atoms with Gasteiger partial charge in [-0.1, -0.05) is 24.8 Å². The summed E-state index contributed by atoms with van der Waals surface area (Å²) in [5.74, 6) is -1.66. The predicted molar refractivity (Wildman–Crippen MR) is 83.0 cm³/mol. The van der Waals surface area contributed by atoms with E-state index >= 15 is 0 Å². The predicted octanol–water partition coefficient (Wildman–Crippen LogP) is 1.27. The van der Waals surface area contributed by atoms with Crippen LogP contribution in [0.15, 0.2) is 36.5 Å². The van der Waals surface area contributed by atoms with E-state index in [1.54, 1.807) is 6.07 Å². The van der Waals surface area contributed by atoms with Crippen molar-refractivity contribution in [3.63, 3.8) is 0 Å². The number of para-hydroxylation sites is 1. The Hall–Kier alpha value is -2.94. The molecule has 1 fully saturated rings.